The maximum Gasteiger partial charge on any atom is 0.255 e. The quantitative estimate of drug-likeness (QED) is 0.446. The van der Waals surface area contributed by atoms with Crippen LogP contribution in [0.5, 0.6) is 17.2 Å². The van der Waals surface area contributed by atoms with Crippen LogP contribution < -0.4 is 25.1 Å². The lowest BCUT2D eigenvalue weighted by Gasteiger charge is -2.47. The van der Waals surface area contributed by atoms with E-state index < -0.39 is 11.7 Å². The van der Waals surface area contributed by atoms with E-state index in [-0.39, 0.29) is 34.4 Å². The van der Waals surface area contributed by atoms with Crippen LogP contribution in [0, 0.1) is 12.8 Å². The summed E-state index contributed by atoms with van der Waals surface area (Å²) in [5, 5.41) is 3.12. The van der Waals surface area contributed by atoms with Gasteiger partial charge in [0.05, 0.1) is 23.8 Å². The number of carbonyl (C=O) groups excluding carboxylic acids is 1. The minimum atomic E-state index is -0.911. The molecule has 1 aliphatic carbocycles. The molecule has 9 nitrogen and oxygen atoms in total. The molecule has 0 unspecified atom stereocenters. The Balaban J connectivity index is 1.30. The summed E-state index contributed by atoms with van der Waals surface area (Å²) in [6.07, 6.45) is 6.29. The predicted molar refractivity (Wildman–Crippen MR) is 151 cm³/mol. The molecular formula is C28H36ClN3O6S. The number of aromatic amines is 1. The Labute approximate surface area is 237 Å². The van der Waals surface area contributed by atoms with Crippen molar-refractivity contribution in [2.45, 2.75) is 68.9 Å². The van der Waals surface area contributed by atoms with E-state index in [0.29, 0.717) is 29.2 Å². The molecule has 1 saturated carbocycles. The third-order valence-electron chi connectivity index (χ3n) is 8.24. The standard InChI is InChI=1S/C28H36ClN3O6S/c1-15-10-22(39-5)20(27(34)31-15)12-30-26(33)19-11-21(29)24-25(23(19)36-4)38-28(2,37-24)16-6-8-17(9-7-16)32-13-18(14-32)35-3/h10-11,16-18H,6-9,12-14H2,1-5H3,(H,30,33)(H,31,34)/t16?,17?,28-/m1/s1. The van der Waals surface area contributed by atoms with Crippen molar-refractivity contribution in [2.75, 3.05) is 33.6 Å². The molecule has 3 heterocycles. The zero-order chi connectivity index (χ0) is 27.9. The molecule has 1 aromatic heterocycles. The van der Waals surface area contributed by atoms with Gasteiger partial charge < -0.3 is 29.2 Å². The van der Waals surface area contributed by atoms with Gasteiger partial charge >= 0.3 is 0 Å². The highest BCUT2D eigenvalue weighted by Crippen LogP contribution is 2.54. The van der Waals surface area contributed by atoms with Crippen molar-refractivity contribution in [1.29, 1.82) is 0 Å². The van der Waals surface area contributed by atoms with E-state index in [0.717, 1.165) is 49.4 Å². The lowest BCUT2D eigenvalue weighted by atomic mass is 9.80. The molecule has 39 heavy (non-hydrogen) atoms. The number of fused-ring (bicyclic) bond motifs is 1. The average molecular weight is 578 g/mol. The van der Waals surface area contributed by atoms with E-state index in [4.69, 9.17) is 30.5 Å². The number of rotatable bonds is 8. The van der Waals surface area contributed by atoms with Crippen molar-refractivity contribution >= 4 is 29.3 Å². The summed E-state index contributed by atoms with van der Waals surface area (Å²) in [4.78, 5) is 31.9. The van der Waals surface area contributed by atoms with Gasteiger partial charge in [0.15, 0.2) is 11.5 Å². The van der Waals surface area contributed by atoms with Crippen LogP contribution in [-0.4, -0.2) is 67.3 Å². The fraction of sp³-hybridized carbons (Fsp3) is 0.571. The van der Waals surface area contributed by atoms with Crippen LogP contribution >= 0.6 is 23.4 Å². The molecule has 11 heteroatoms. The Hall–Kier alpha value is -2.40. The predicted octanol–water partition coefficient (Wildman–Crippen LogP) is 4.37. The maximum absolute atomic E-state index is 13.3. The van der Waals surface area contributed by atoms with Gasteiger partial charge in [-0.2, -0.15) is 0 Å². The highest BCUT2D eigenvalue weighted by Gasteiger charge is 2.49. The number of nitrogens with zero attached hydrogens (tertiary/aromatic N) is 1. The number of ether oxygens (including phenoxy) is 4. The smallest absolute Gasteiger partial charge is 0.255 e. The number of benzene rings is 1. The van der Waals surface area contributed by atoms with Crippen molar-refractivity contribution in [3.05, 3.63) is 44.3 Å². The minimum Gasteiger partial charge on any atom is -0.492 e. The first-order chi connectivity index (χ1) is 18.7. The lowest BCUT2D eigenvalue weighted by molar-refractivity contribution is -0.130. The number of thioether (sulfide) groups is 1. The molecule has 1 amide bonds. The second-order valence-electron chi connectivity index (χ2n) is 10.6. The summed E-state index contributed by atoms with van der Waals surface area (Å²) < 4.78 is 23.9. The number of likely N-dealkylation sites (tertiary alicyclic amines) is 1. The number of H-pyrrole nitrogens is 1. The lowest BCUT2D eigenvalue weighted by Crippen LogP contribution is -2.57. The number of carbonyl (C=O) groups is 1. The Morgan fingerprint density at radius 3 is 2.54 bits per heavy atom. The Morgan fingerprint density at radius 1 is 1.21 bits per heavy atom. The number of amides is 1. The van der Waals surface area contributed by atoms with Crippen molar-refractivity contribution in [1.82, 2.24) is 15.2 Å². The molecule has 0 radical (unpaired) electrons. The van der Waals surface area contributed by atoms with Gasteiger partial charge in [0.1, 0.15) is 0 Å². The zero-order valence-electron chi connectivity index (χ0n) is 23.0. The zero-order valence-corrected chi connectivity index (χ0v) is 24.6. The average Bonchev–Trinajstić information content (AvgIpc) is 3.26. The van der Waals surface area contributed by atoms with Gasteiger partial charge in [0.25, 0.3) is 17.3 Å². The molecular weight excluding hydrogens is 542 g/mol. The fourth-order valence-electron chi connectivity index (χ4n) is 5.93. The molecule has 1 saturated heterocycles. The van der Waals surface area contributed by atoms with Gasteiger partial charge in [0, 0.05) is 61.8 Å². The number of hydrogen-bond donors (Lipinski definition) is 2. The van der Waals surface area contributed by atoms with Gasteiger partial charge in [-0.15, -0.1) is 11.8 Å². The largest absolute Gasteiger partial charge is 0.492 e. The van der Waals surface area contributed by atoms with Gasteiger partial charge in [-0.1, -0.05) is 11.6 Å². The Bertz CT molecular complexity index is 1310. The topological polar surface area (TPSA) is 102 Å². The van der Waals surface area contributed by atoms with Crippen molar-refractivity contribution in [2.24, 2.45) is 5.92 Å². The molecule has 2 N–H and O–H groups in total. The molecule has 2 fully saturated rings. The van der Waals surface area contributed by atoms with Gasteiger partial charge in [-0.05, 0) is 51.0 Å². The maximum atomic E-state index is 13.3. The molecule has 0 bridgehead atoms. The normalized spacial score (nSPS) is 24.9. The number of hydrogen-bond acceptors (Lipinski definition) is 8. The molecule has 1 aromatic carbocycles. The molecule has 2 aromatic rings. The Morgan fingerprint density at radius 2 is 1.90 bits per heavy atom. The first-order valence-corrected chi connectivity index (χ1v) is 14.9. The fourth-order valence-corrected chi connectivity index (χ4v) is 6.86. The first-order valence-electron chi connectivity index (χ1n) is 13.3. The molecule has 1 atom stereocenters. The highest BCUT2D eigenvalue weighted by atomic mass is 35.5. The summed E-state index contributed by atoms with van der Waals surface area (Å²) in [6.45, 7) is 5.81. The second kappa shape index (κ2) is 11.2. The number of pyridine rings is 1. The first kappa shape index (κ1) is 28.1. The summed E-state index contributed by atoms with van der Waals surface area (Å²) in [7, 11) is 3.26. The van der Waals surface area contributed by atoms with E-state index in [1.165, 1.54) is 24.9 Å². The number of aryl methyl sites for hydroxylation is 1. The van der Waals surface area contributed by atoms with Crippen LogP contribution in [0.15, 0.2) is 21.8 Å². The van der Waals surface area contributed by atoms with Crippen LogP contribution in [0.25, 0.3) is 0 Å². The third-order valence-corrected chi connectivity index (χ3v) is 9.33. The van der Waals surface area contributed by atoms with Crippen LogP contribution in [-0.2, 0) is 11.3 Å². The van der Waals surface area contributed by atoms with Gasteiger partial charge in [-0.25, -0.2) is 0 Å². The monoisotopic (exact) mass is 577 g/mol. The molecule has 2 aliphatic heterocycles. The van der Waals surface area contributed by atoms with E-state index in [1.54, 1.807) is 7.11 Å². The van der Waals surface area contributed by atoms with Crippen LogP contribution in [0.1, 0.15) is 54.2 Å². The minimum absolute atomic E-state index is 0.0585. The number of halogens is 1. The summed E-state index contributed by atoms with van der Waals surface area (Å²) >= 11 is 8.08. The molecule has 5 rings (SSSR count). The number of nitrogens with one attached hydrogen (secondary N) is 2. The molecule has 0 spiro atoms. The van der Waals surface area contributed by atoms with E-state index >= 15 is 0 Å². The number of aromatic nitrogens is 1. The molecule has 212 valence electrons. The van der Waals surface area contributed by atoms with Gasteiger partial charge in [0.2, 0.25) is 5.75 Å². The van der Waals surface area contributed by atoms with E-state index in [1.807, 2.05) is 26.2 Å². The SMILES string of the molecule is COc1c(C(=O)NCc2c(SC)cc(C)[nH]c2=O)cc(Cl)c2c1O[C@](C)(C1CCC(N3CC(OC)C3)CC1)O2. The highest BCUT2D eigenvalue weighted by molar-refractivity contribution is 7.98. The van der Waals surface area contributed by atoms with Crippen molar-refractivity contribution in [3.63, 3.8) is 0 Å². The van der Waals surface area contributed by atoms with Gasteiger partial charge in [-0.3, -0.25) is 14.5 Å². The summed E-state index contributed by atoms with van der Waals surface area (Å²) in [5.41, 5.74) is 1.25. The Kier molecular flexibility index (Phi) is 8.10. The third kappa shape index (κ3) is 5.36. The van der Waals surface area contributed by atoms with Crippen molar-refractivity contribution < 1.29 is 23.7 Å². The summed E-state index contributed by atoms with van der Waals surface area (Å²) in [6, 6.07) is 3.98. The summed E-state index contributed by atoms with van der Waals surface area (Å²) in [5.74, 6) is -0.185. The molecule has 3 aliphatic rings. The van der Waals surface area contributed by atoms with Crippen LogP contribution in [0.4, 0.5) is 0 Å². The van der Waals surface area contributed by atoms with Crippen LogP contribution in [0.2, 0.25) is 5.02 Å². The van der Waals surface area contributed by atoms with Crippen molar-refractivity contribution in [3.8, 4) is 17.2 Å². The number of methoxy groups -OCH3 is 2. The second-order valence-corrected chi connectivity index (χ2v) is 11.9. The van der Waals surface area contributed by atoms with E-state index in [2.05, 4.69) is 15.2 Å². The van der Waals surface area contributed by atoms with Crippen LogP contribution in [0.3, 0.4) is 0 Å². The van der Waals surface area contributed by atoms with E-state index in [9.17, 15) is 9.59 Å².